The Kier molecular flexibility index (Phi) is 5.21. The minimum absolute atomic E-state index is 0.0323. The van der Waals surface area contributed by atoms with Crippen molar-refractivity contribution >= 4 is 5.91 Å². The van der Waals surface area contributed by atoms with Crippen LogP contribution in [0.25, 0.3) is 0 Å². The highest BCUT2D eigenvalue weighted by Gasteiger charge is 2.44. The summed E-state index contributed by atoms with van der Waals surface area (Å²) in [5, 5.41) is 0. The maximum absolute atomic E-state index is 13.8. The summed E-state index contributed by atoms with van der Waals surface area (Å²) in [6, 6.07) is 6.94. The Labute approximate surface area is 143 Å². The predicted octanol–water partition coefficient (Wildman–Crippen LogP) is 2.18. The summed E-state index contributed by atoms with van der Waals surface area (Å²) in [7, 11) is 5.96. The molecule has 1 aliphatic carbocycles. The van der Waals surface area contributed by atoms with Crippen molar-refractivity contribution in [1.29, 1.82) is 0 Å². The van der Waals surface area contributed by atoms with Gasteiger partial charge in [-0.2, -0.15) is 0 Å². The molecule has 1 aliphatic heterocycles. The number of carbonyl (C=O) groups excluding carboxylic acids is 1. The van der Waals surface area contributed by atoms with Gasteiger partial charge < -0.3 is 14.5 Å². The second kappa shape index (κ2) is 7.19. The van der Waals surface area contributed by atoms with Crippen molar-refractivity contribution in [3.05, 3.63) is 35.6 Å². The van der Waals surface area contributed by atoms with Crippen LogP contribution in [0.15, 0.2) is 24.3 Å². The number of likely N-dealkylation sites (tertiary alicyclic amines) is 1. The molecule has 1 heterocycles. The fraction of sp³-hybridized carbons (Fsp3) is 0.632. The molecular formula is C19H27FN2O2. The minimum Gasteiger partial charge on any atom is -0.380 e. The number of rotatable bonds is 4. The van der Waals surface area contributed by atoms with Crippen molar-refractivity contribution in [2.75, 3.05) is 34.3 Å². The zero-order chi connectivity index (χ0) is 17.3. The molecular weight excluding hydrogens is 307 g/mol. The van der Waals surface area contributed by atoms with E-state index < -0.39 is 0 Å². The second-order valence-electron chi connectivity index (χ2n) is 7.36. The van der Waals surface area contributed by atoms with Crippen LogP contribution in [0.2, 0.25) is 0 Å². The fourth-order valence-electron chi connectivity index (χ4n) is 4.31. The van der Waals surface area contributed by atoms with Gasteiger partial charge in [0.05, 0.1) is 12.5 Å². The lowest BCUT2D eigenvalue weighted by Crippen LogP contribution is -2.47. The van der Waals surface area contributed by atoms with E-state index in [2.05, 4.69) is 19.0 Å². The molecule has 0 spiro atoms. The summed E-state index contributed by atoms with van der Waals surface area (Å²) in [5.41, 5.74) is 0.485. The molecule has 2 aliphatic rings. The molecule has 1 amide bonds. The van der Waals surface area contributed by atoms with E-state index in [0.717, 1.165) is 25.9 Å². The van der Waals surface area contributed by atoms with E-state index in [1.54, 1.807) is 25.3 Å². The van der Waals surface area contributed by atoms with Gasteiger partial charge in [0.15, 0.2) is 0 Å². The predicted molar refractivity (Wildman–Crippen MR) is 91.2 cm³/mol. The Balaban J connectivity index is 1.64. The highest BCUT2D eigenvalue weighted by atomic mass is 19.1. The van der Waals surface area contributed by atoms with Gasteiger partial charge >= 0.3 is 0 Å². The zero-order valence-electron chi connectivity index (χ0n) is 14.7. The van der Waals surface area contributed by atoms with Crippen LogP contribution in [-0.4, -0.2) is 62.1 Å². The molecule has 0 radical (unpaired) electrons. The molecule has 4 nitrogen and oxygen atoms in total. The van der Waals surface area contributed by atoms with Gasteiger partial charge in [-0.3, -0.25) is 4.79 Å². The number of likely N-dealkylation sites (N-methyl/N-ethyl adjacent to an activating group) is 1. The first-order valence-electron chi connectivity index (χ1n) is 8.70. The summed E-state index contributed by atoms with van der Waals surface area (Å²) >= 11 is 0. The molecule has 2 fully saturated rings. The van der Waals surface area contributed by atoms with Gasteiger partial charge in [0.2, 0.25) is 5.91 Å². The molecule has 0 unspecified atom stereocenters. The van der Waals surface area contributed by atoms with Crippen molar-refractivity contribution in [3.63, 3.8) is 0 Å². The first-order valence-corrected chi connectivity index (χ1v) is 8.70. The molecule has 4 atom stereocenters. The molecule has 5 heteroatoms. The van der Waals surface area contributed by atoms with Gasteiger partial charge in [0, 0.05) is 26.2 Å². The van der Waals surface area contributed by atoms with Gasteiger partial charge in [-0.05, 0) is 50.4 Å². The molecule has 0 aromatic heterocycles. The first kappa shape index (κ1) is 17.4. The number of nitrogens with zero attached hydrogens (tertiary/aromatic N) is 2. The number of amides is 1. The van der Waals surface area contributed by atoms with Gasteiger partial charge in [-0.25, -0.2) is 4.39 Å². The van der Waals surface area contributed by atoms with E-state index >= 15 is 0 Å². The topological polar surface area (TPSA) is 32.8 Å². The molecule has 24 heavy (non-hydrogen) atoms. The average molecular weight is 334 g/mol. The second-order valence-corrected chi connectivity index (χ2v) is 7.36. The average Bonchev–Trinajstić information content (AvgIpc) is 2.98. The quantitative estimate of drug-likeness (QED) is 0.846. The van der Waals surface area contributed by atoms with E-state index in [4.69, 9.17) is 4.74 Å². The summed E-state index contributed by atoms with van der Waals surface area (Å²) in [6.07, 6.45) is 2.42. The van der Waals surface area contributed by atoms with Crippen LogP contribution in [0.5, 0.6) is 0 Å². The highest BCUT2D eigenvalue weighted by molar-refractivity contribution is 5.79. The molecule has 3 rings (SSSR count). The maximum atomic E-state index is 13.8. The molecule has 0 bridgehead atoms. The van der Waals surface area contributed by atoms with Crippen LogP contribution >= 0.6 is 0 Å². The summed E-state index contributed by atoms with van der Waals surface area (Å²) in [4.78, 5) is 16.7. The third-order valence-corrected chi connectivity index (χ3v) is 5.70. The minimum atomic E-state index is -0.297. The Morgan fingerprint density at radius 1 is 1.25 bits per heavy atom. The molecule has 1 saturated carbocycles. The molecule has 0 N–H and O–H groups in total. The summed E-state index contributed by atoms with van der Waals surface area (Å²) in [5.74, 6) is 0.753. The number of carbonyl (C=O) groups is 1. The largest absolute Gasteiger partial charge is 0.380 e. The lowest BCUT2D eigenvalue weighted by atomic mass is 9.77. The van der Waals surface area contributed by atoms with Crippen LogP contribution in [0.1, 0.15) is 18.4 Å². The van der Waals surface area contributed by atoms with Gasteiger partial charge in [-0.15, -0.1) is 0 Å². The smallest absolute Gasteiger partial charge is 0.227 e. The summed E-state index contributed by atoms with van der Waals surface area (Å²) in [6.45, 7) is 1.57. The Hall–Kier alpha value is -1.46. The third-order valence-electron chi connectivity index (χ3n) is 5.70. The lowest BCUT2D eigenvalue weighted by molar-refractivity contribution is -0.129. The van der Waals surface area contributed by atoms with E-state index in [1.165, 1.54) is 6.07 Å². The van der Waals surface area contributed by atoms with Crippen molar-refractivity contribution in [3.8, 4) is 0 Å². The molecule has 1 aromatic rings. The van der Waals surface area contributed by atoms with Crippen molar-refractivity contribution in [2.45, 2.75) is 31.4 Å². The van der Waals surface area contributed by atoms with Gasteiger partial charge in [-0.1, -0.05) is 18.2 Å². The van der Waals surface area contributed by atoms with Crippen molar-refractivity contribution < 1.29 is 13.9 Å². The Morgan fingerprint density at radius 2 is 1.92 bits per heavy atom. The fourth-order valence-corrected chi connectivity index (χ4v) is 4.31. The van der Waals surface area contributed by atoms with Gasteiger partial charge in [0.1, 0.15) is 5.82 Å². The van der Waals surface area contributed by atoms with E-state index in [9.17, 15) is 9.18 Å². The number of hydrogen-bond donors (Lipinski definition) is 0. The van der Waals surface area contributed by atoms with Crippen LogP contribution in [0.3, 0.4) is 0 Å². The monoisotopic (exact) mass is 334 g/mol. The zero-order valence-corrected chi connectivity index (χ0v) is 14.7. The summed E-state index contributed by atoms with van der Waals surface area (Å²) < 4.78 is 19.5. The maximum Gasteiger partial charge on any atom is 0.227 e. The van der Waals surface area contributed by atoms with Crippen LogP contribution in [-0.2, 0) is 16.0 Å². The van der Waals surface area contributed by atoms with E-state index in [-0.39, 0.29) is 24.2 Å². The highest BCUT2D eigenvalue weighted by Crippen LogP contribution is 2.38. The van der Waals surface area contributed by atoms with Crippen molar-refractivity contribution in [2.24, 2.45) is 11.8 Å². The van der Waals surface area contributed by atoms with Crippen LogP contribution in [0, 0.1) is 17.7 Å². The third kappa shape index (κ3) is 3.47. The van der Waals surface area contributed by atoms with Crippen molar-refractivity contribution in [1.82, 2.24) is 9.80 Å². The van der Waals surface area contributed by atoms with Crippen LogP contribution in [0.4, 0.5) is 4.39 Å². The molecule has 1 saturated heterocycles. The van der Waals surface area contributed by atoms with E-state index in [0.29, 0.717) is 23.4 Å². The molecule has 1 aromatic carbocycles. The first-order chi connectivity index (χ1) is 11.5. The number of fused-ring (bicyclic) bond motifs is 1. The van der Waals surface area contributed by atoms with E-state index in [1.807, 2.05) is 4.90 Å². The van der Waals surface area contributed by atoms with Gasteiger partial charge in [0.25, 0.3) is 0 Å². The Bertz CT molecular complexity index is 592. The normalized spacial score (nSPS) is 29.8. The number of hydrogen-bond acceptors (Lipinski definition) is 3. The SMILES string of the molecule is CO[C@@H]1C[C@H]2CN(C(=O)Cc3ccccc3F)C[C@H]2C[C@H]1N(C)C. The standard InChI is InChI=1S/C19H27FN2O2/c1-21(2)17-8-14-11-22(12-15(14)9-18(17)24-3)19(23)10-13-6-4-5-7-16(13)20/h4-7,14-15,17-18H,8-12H2,1-3H3/t14-,15+,17-,18-/m1/s1. The number of benzene rings is 1. The number of ether oxygens (including phenoxy) is 1. The molecule has 132 valence electrons. The lowest BCUT2D eigenvalue weighted by Gasteiger charge is -2.40. The van der Waals surface area contributed by atoms with Crippen LogP contribution < -0.4 is 0 Å². The Morgan fingerprint density at radius 3 is 2.54 bits per heavy atom. The number of methoxy groups -OCH3 is 1. The number of halogens is 1.